The molecule has 0 aliphatic carbocycles. The Balaban J connectivity index is 1.55. The highest BCUT2D eigenvalue weighted by Gasteiger charge is 2.31. The molecule has 0 bridgehead atoms. The van der Waals surface area contributed by atoms with Crippen LogP contribution in [0.3, 0.4) is 0 Å². The van der Waals surface area contributed by atoms with E-state index in [0.717, 1.165) is 21.7 Å². The zero-order valence-corrected chi connectivity index (χ0v) is 17.1. The van der Waals surface area contributed by atoms with Crippen LogP contribution in [-0.2, 0) is 23.0 Å². The van der Waals surface area contributed by atoms with Crippen LogP contribution < -0.4 is 5.32 Å². The number of thiazole rings is 1. The first kappa shape index (κ1) is 18.9. The molecule has 1 aliphatic heterocycles. The maximum atomic E-state index is 13.1. The van der Waals surface area contributed by atoms with E-state index in [1.807, 2.05) is 26.0 Å². The summed E-state index contributed by atoms with van der Waals surface area (Å²) in [6, 6.07) is 6.92. The van der Waals surface area contributed by atoms with Crippen molar-refractivity contribution in [1.29, 1.82) is 0 Å². The summed E-state index contributed by atoms with van der Waals surface area (Å²) >= 11 is 1.30. The van der Waals surface area contributed by atoms with E-state index in [0.29, 0.717) is 28.6 Å². The topological polar surface area (TPSA) is 92.5 Å². The first-order valence-electron chi connectivity index (χ1n) is 8.74. The molecule has 0 saturated heterocycles. The summed E-state index contributed by atoms with van der Waals surface area (Å²) in [5, 5.41) is 3.20. The molecule has 1 aliphatic rings. The number of aryl methyl sites for hydroxylation is 2. The van der Waals surface area contributed by atoms with Gasteiger partial charge in [-0.15, -0.1) is 11.3 Å². The molecular weight excluding hydrogens is 398 g/mol. The van der Waals surface area contributed by atoms with Crippen LogP contribution in [-0.4, -0.2) is 30.2 Å². The van der Waals surface area contributed by atoms with Crippen molar-refractivity contribution in [3.63, 3.8) is 0 Å². The number of hydrogen-bond donors (Lipinski definition) is 1. The Labute approximate surface area is 167 Å². The van der Waals surface area contributed by atoms with Crippen molar-refractivity contribution in [3.05, 3.63) is 64.1 Å². The molecule has 28 heavy (non-hydrogen) atoms. The van der Waals surface area contributed by atoms with Gasteiger partial charge in [0, 0.05) is 17.8 Å². The molecule has 0 atom stereocenters. The van der Waals surface area contributed by atoms with Gasteiger partial charge in [0.05, 0.1) is 29.0 Å². The second kappa shape index (κ2) is 7.16. The van der Waals surface area contributed by atoms with Crippen LogP contribution >= 0.6 is 11.3 Å². The third kappa shape index (κ3) is 3.48. The SMILES string of the molecule is Cc1ccc(S(=O)(=O)N2CCc3nc(NC(=O)c4ccoc4)sc3C2)c(C)c1. The maximum absolute atomic E-state index is 13.1. The molecule has 3 aromatic rings. The second-order valence-corrected chi connectivity index (χ2v) is 9.70. The zero-order chi connectivity index (χ0) is 19.9. The van der Waals surface area contributed by atoms with Gasteiger partial charge in [-0.3, -0.25) is 10.1 Å². The molecular formula is C19H19N3O4S2. The molecule has 3 heterocycles. The van der Waals surface area contributed by atoms with Crippen LogP contribution in [0.25, 0.3) is 0 Å². The van der Waals surface area contributed by atoms with Crippen molar-refractivity contribution < 1.29 is 17.6 Å². The normalized spacial score (nSPS) is 14.6. The van der Waals surface area contributed by atoms with Crippen molar-refractivity contribution >= 4 is 32.4 Å². The number of furan rings is 1. The van der Waals surface area contributed by atoms with Crippen molar-refractivity contribution in [2.75, 3.05) is 11.9 Å². The van der Waals surface area contributed by atoms with Crippen LogP contribution in [0.15, 0.2) is 46.1 Å². The summed E-state index contributed by atoms with van der Waals surface area (Å²) in [6.07, 6.45) is 3.30. The monoisotopic (exact) mass is 417 g/mol. The number of fused-ring (bicyclic) bond motifs is 1. The van der Waals surface area contributed by atoms with Gasteiger partial charge in [0.1, 0.15) is 6.26 Å². The minimum atomic E-state index is -3.59. The molecule has 4 rings (SSSR count). The Hall–Kier alpha value is -2.49. The highest BCUT2D eigenvalue weighted by Crippen LogP contribution is 2.32. The summed E-state index contributed by atoms with van der Waals surface area (Å²) in [7, 11) is -3.59. The molecule has 7 nitrogen and oxygen atoms in total. The van der Waals surface area contributed by atoms with Gasteiger partial charge in [-0.05, 0) is 31.5 Å². The van der Waals surface area contributed by atoms with Crippen LogP contribution in [0, 0.1) is 13.8 Å². The molecule has 0 unspecified atom stereocenters. The molecule has 1 N–H and O–H groups in total. The number of nitrogens with one attached hydrogen (secondary N) is 1. The van der Waals surface area contributed by atoms with E-state index in [1.165, 1.54) is 28.2 Å². The average molecular weight is 418 g/mol. The fraction of sp³-hybridized carbons (Fsp3) is 0.263. The molecule has 2 aromatic heterocycles. The summed E-state index contributed by atoms with van der Waals surface area (Å²) in [5.41, 5.74) is 3.01. The Morgan fingerprint density at radius 2 is 2.11 bits per heavy atom. The summed E-state index contributed by atoms with van der Waals surface area (Å²) in [6.45, 7) is 4.37. The van der Waals surface area contributed by atoms with Gasteiger partial charge in [0.25, 0.3) is 5.91 Å². The molecule has 0 spiro atoms. The number of nitrogens with zero attached hydrogens (tertiary/aromatic N) is 2. The summed E-state index contributed by atoms with van der Waals surface area (Å²) < 4.78 is 32.6. The molecule has 146 valence electrons. The van der Waals surface area contributed by atoms with Gasteiger partial charge in [0.2, 0.25) is 10.0 Å². The lowest BCUT2D eigenvalue weighted by Gasteiger charge is -2.26. The van der Waals surface area contributed by atoms with Crippen molar-refractivity contribution in [3.8, 4) is 0 Å². The molecule has 0 saturated carbocycles. The van der Waals surface area contributed by atoms with Crippen molar-refractivity contribution in [2.45, 2.75) is 31.7 Å². The van der Waals surface area contributed by atoms with Crippen LogP contribution in [0.1, 0.15) is 32.1 Å². The van der Waals surface area contributed by atoms with Crippen LogP contribution in [0.2, 0.25) is 0 Å². The fourth-order valence-electron chi connectivity index (χ4n) is 3.22. The van der Waals surface area contributed by atoms with Gasteiger partial charge in [-0.2, -0.15) is 4.31 Å². The van der Waals surface area contributed by atoms with E-state index in [2.05, 4.69) is 10.3 Å². The Kier molecular flexibility index (Phi) is 4.82. The Bertz CT molecular complexity index is 1130. The highest BCUT2D eigenvalue weighted by atomic mass is 32.2. The Morgan fingerprint density at radius 1 is 1.29 bits per heavy atom. The van der Waals surface area contributed by atoms with E-state index in [1.54, 1.807) is 12.1 Å². The van der Waals surface area contributed by atoms with Crippen molar-refractivity contribution in [2.24, 2.45) is 0 Å². The number of carbonyl (C=O) groups is 1. The van der Waals surface area contributed by atoms with Gasteiger partial charge in [0.15, 0.2) is 5.13 Å². The summed E-state index contributed by atoms with van der Waals surface area (Å²) in [4.78, 5) is 17.8. The molecule has 1 aromatic carbocycles. The second-order valence-electron chi connectivity index (χ2n) is 6.71. The highest BCUT2D eigenvalue weighted by molar-refractivity contribution is 7.89. The number of sulfonamides is 1. The molecule has 0 radical (unpaired) electrons. The lowest BCUT2D eigenvalue weighted by Crippen LogP contribution is -2.35. The standard InChI is InChI=1S/C19H19N3O4S2/c1-12-3-4-17(13(2)9-12)28(24,25)22-7-5-15-16(10-22)27-19(20-15)21-18(23)14-6-8-26-11-14/h3-4,6,8-9,11H,5,7,10H2,1-2H3,(H,20,21,23). The van der Waals surface area contributed by atoms with Crippen molar-refractivity contribution in [1.82, 2.24) is 9.29 Å². The lowest BCUT2D eigenvalue weighted by molar-refractivity contribution is 0.102. The number of aromatic nitrogens is 1. The van der Waals surface area contributed by atoms with Gasteiger partial charge in [-0.25, -0.2) is 13.4 Å². The van der Waals surface area contributed by atoms with E-state index >= 15 is 0 Å². The molecule has 0 fully saturated rings. The predicted octanol–water partition coefficient (Wildman–Crippen LogP) is 3.35. The van der Waals surface area contributed by atoms with E-state index < -0.39 is 10.0 Å². The number of anilines is 1. The predicted molar refractivity (Wildman–Crippen MR) is 106 cm³/mol. The van der Waals surface area contributed by atoms with Gasteiger partial charge >= 0.3 is 0 Å². The minimum Gasteiger partial charge on any atom is -0.472 e. The van der Waals surface area contributed by atoms with Crippen LogP contribution in [0.4, 0.5) is 5.13 Å². The number of hydrogen-bond acceptors (Lipinski definition) is 6. The molecule has 9 heteroatoms. The van der Waals surface area contributed by atoms with E-state index in [4.69, 9.17) is 4.42 Å². The third-order valence-electron chi connectivity index (χ3n) is 4.65. The minimum absolute atomic E-state index is 0.254. The van der Waals surface area contributed by atoms with Gasteiger partial charge in [-0.1, -0.05) is 17.7 Å². The lowest BCUT2D eigenvalue weighted by atomic mass is 10.2. The molecule has 1 amide bonds. The third-order valence-corrected chi connectivity index (χ3v) is 7.65. The quantitative estimate of drug-likeness (QED) is 0.703. The first-order chi connectivity index (χ1) is 13.3. The van der Waals surface area contributed by atoms with Gasteiger partial charge < -0.3 is 4.42 Å². The maximum Gasteiger partial charge on any atom is 0.260 e. The number of benzene rings is 1. The summed E-state index contributed by atoms with van der Waals surface area (Å²) in [5.74, 6) is -0.306. The van der Waals surface area contributed by atoms with E-state index in [9.17, 15) is 13.2 Å². The van der Waals surface area contributed by atoms with E-state index in [-0.39, 0.29) is 12.5 Å². The number of rotatable bonds is 4. The number of carbonyl (C=O) groups excluding carboxylic acids is 1. The average Bonchev–Trinajstić information content (AvgIpc) is 3.30. The number of amides is 1. The fourth-order valence-corrected chi connectivity index (χ4v) is 5.94. The largest absolute Gasteiger partial charge is 0.472 e. The Morgan fingerprint density at radius 3 is 2.82 bits per heavy atom. The first-order valence-corrected chi connectivity index (χ1v) is 11.0. The zero-order valence-electron chi connectivity index (χ0n) is 15.4. The smallest absolute Gasteiger partial charge is 0.260 e. The van der Waals surface area contributed by atoms with Crippen LogP contribution in [0.5, 0.6) is 0 Å².